The van der Waals surface area contributed by atoms with Crippen LogP contribution >= 0.6 is 11.6 Å². The van der Waals surface area contributed by atoms with Crippen LogP contribution in [0.15, 0.2) is 36.7 Å². The molecule has 1 aliphatic rings. The Balaban J connectivity index is 1.51. The van der Waals surface area contributed by atoms with Gasteiger partial charge in [-0.1, -0.05) is 36.7 Å². The van der Waals surface area contributed by atoms with Crippen molar-refractivity contribution in [1.82, 2.24) is 9.97 Å². The largest absolute Gasteiger partial charge is 0.473 e. The van der Waals surface area contributed by atoms with Crippen molar-refractivity contribution in [2.45, 2.75) is 51.2 Å². The summed E-state index contributed by atoms with van der Waals surface area (Å²) >= 11 is 6.27. The van der Waals surface area contributed by atoms with Gasteiger partial charge in [0.15, 0.2) is 0 Å². The molecule has 1 heterocycles. The van der Waals surface area contributed by atoms with Gasteiger partial charge in [-0.05, 0) is 44.2 Å². The average molecular weight is 361 g/mol. The minimum atomic E-state index is -0.267. The average Bonchev–Trinajstić information content (AvgIpc) is 2.65. The Bertz CT molecular complexity index is 716. The summed E-state index contributed by atoms with van der Waals surface area (Å²) in [6, 6.07) is 9.06. The molecule has 0 bridgehead atoms. The second kappa shape index (κ2) is 8.30. The molecular formula is C19H21ClN2O3. The number of aromatic nitrogens is 2. The highest BCUT2D eigenvalue weighted by atomic mass is 35.5. The van der Waals surface area contributed by atoms with E-state index in [4.69, 9.17) is 21.1 Å². The number of carbonyl (C=O) groups is 1. The molecule has 1 aromatic heterocycles. The van der Waals surface area contributed by atoms with Crippen LogP contribution in [0, 0.1) is 0 Å². The van der Waals surface area contributed by atoms with Gasteiger partial charge in [0.2, 0.25) is 5.88 Å². The molecule has 132 valence electrons. The molecule has 6 heteroatoms. The molecule has 2 aromatic rings. The van der Waals surface area contributed by atoms with E-state index in [1.165, 1.54) is 6.33 Å². The van der Waals surface area contributed by atoms with Gasteiger partial charge in [0, 0.05) is 0 Å². The Morgan fingerprint density at radius 2 is 1.80 bits per heavy atom. The van der Waals surface area contributed by atoms with Crippen molar-refractivity contribution in [1.29, 1.82) is 0 Å². The van der Waals surface area contributed by atoms with Gasteiger partial charge in [0.25, 0.3) is 0 Å². The van der Waals surface area contributed by atoms with Crippen LogP contribution in [0.1, 0.15) is 48.7 Å². The first-order valence-electron chi connectivity index (χ1n) is 8.59. The fraction of sp³-hybridized carbons (Fsp3) is 0.421. The highest BCUT2D eigenvalue weighted by Crippen LogP contribution is 2.30. The lowest BCUT2D eigenvalue weighted by atomic mass is 9.95. The first kappa shape index (κ1) is 17.7. The van der Waals surface area contributed by atoms with Crippen molar-refractivity contribution >= 4 is 17.6 Å². The topological polar surface area (TPSA) is 61.3 Å². The molecule has 0 atom stereocenters. The second-order valence-corrected chi connectivity index (χ2v) is 6.46. The zero-order valence-corrected chi connectivity index (χ0v) is 14.9. The maximum absolute atomic E-state index is 12.1. The van der Waals surface area contributed by atoms with E-state index in [-0.39, 0.29) is 18.2 Å². The maximum atomic E-state index is 12.1. The summed E-state index contributed by atoms with van der Waals surface area (Å²) in [4.78, 5) is 20.4. The van der Waals surface area contributed by atoms with Crippen LogP contribution in [0.4, 0.5) is 0 Å². The van der Waals surface area contributed by atoms with Crippen LogP contribution in [-0.4, -0.2) is 28.1 Å². The number of hydrogen-bond donors (Lipinski definition) is 0. The quantitative estimate of drug-likeness (QED) is 0.746. The van der Waals surface area contributed by atoms with Gasteiger partial charge < -0.3 is 9.47 Å². The molecule has 0 radical (unpaired) electrons. The minimum absolute atomic E-state index is 0.0313. The third-order valence-electron chi connectivity index (χ3n) is 4.35. The molecule has 0 saturated heterocycles. The molecule has 0 N–H and O–H groups in total. The third kappa shape index (κ3) is 4.48. The summed E-state index contributed by atoms with van der Waals surface area (Å²) in [5.41, 5.74) is 1.37. The predicted octanol–water partition coefficient (Wildman–Crippen LogP) is 4.24. The molecule has 1 saturated carbocycles. The van der Waals surface area contributed by atoms with Crippen molar-refractivity contribution in [3.63, 3.8) is 0 Å². The summed E-state index contributed by atoms with van der Waals surface area (Å²) in [6.07, 6.45) is 5.32. The van der Waals surface area contributed by atoms with Crippen LogP contribution in [0.25, 0.3) is 0 Å². The fourth-order valence-electron chi connectivity index (χ4n) is 2.94. The van der Waals surface area contributed by atoms with Crippen molar-refractivity contribution in [2.75, 3.05) is 0 Å². The Labute approximate surface area is 152 Å². The maximum Gasteiger partial charge on any atom is 0.338 e. The van der Waals surface area contributed by atoms with E-state index in [0.717, 1.165) is 37.8 Å². The lowest BCUT2D eigenvalue weighted by molar-refractivity contribution is 0.00777. The molecule has 0 unspecified atom stereocenters. The van der Waals surface area contributed by atoms with E-state index in [2.05, 4.69) is 9.97 Å². The van der Waals surface area contributed by atoms with E-state index >= 15 is 0 Å². The van der Waals surface area contributed by atoms with Gasteiger partial charge in [-0.25, -0.2) is 14.8 Å². The van der Waals surface area contributed by atoms with Crippen LogP contribution < -0.4 is 4.74 Å². The molecule has 1 fully saturated rings. The smallest absolute Gasteiger partial charge is 0.338 e. The molecule has 0 amide bonds. The van der Waals surface area contributed by atoms with Crippen molar-refractivity contribution < 1.29 is 14.3 Å². The standard InChI is InChI=1S/C19H21ClN2O3/c1-2-16-17(20)18(22-12-21-16)24-14-8-10-15(11-9-14)25-19(23)13-6-4-3-5-7-13/h3-7,12,14-15H,2,8-11H2,1H3. The van der Waals surface area contributed by atoms with Gasteiger partial charge in [-0.3, -0.25) is 0 Å². The Kier molecular flexibility index (Phi) is 5.87. The zero-order chi connectivity index (χ0) is 17.6. The van der Waals surface area contributed by atoms with E-state index in [1.54, 1.807) is 12.1 Å². The van der Waals surface area contributed by atoms with Crippen LogP contribution in [-0.2, 0) is 11.2 Å². The Morgan fingerprint density at radius 3 is 2.48 bits per heavy atom. The monoisotopic (exact) mass is 360 g/mol. The fourth-order valence-corrected chi connectivity index (χ4v) is 3.21. The number of aryl methyl sites for hydroxylation is 1. The van der Waals surface area contributed by atoms with Gasteiger partial charge in [0.05, 0.1) is 11.3 Å². The lowest BCUT2D eigenvalue weighted by Crippen LogP contribution is -2.30. The SMILES string of the molecule is CCc1ncnc(OC2CCC(OC(=O)c3ccccc3)CC2)c1Cl. The van der Waals surface area contributed by atoms with Crippen molar-refractivity contribution in [3.05, 3.63) is 52.9 Å². The number of carbonyl (C=O) groups excluding carboxylic acids is 1. The van der Waals surface area contributed by atoms with Gasteiger partial charge in [0.1, 0.15) is 23.6 Å². The van der Waals surface area contributed by atoms with Crippen LogP contribution in [0.5, 0.6) is 5.88 Å². The molecule has 3 rings (SSSR count). The molecule has 5 nitrogen and oxygen atoms in total. The number of benzene rings is 1. The summed E-state index contributed by atoms with van der Waals surface area (Å²) in [6.45, 7) is 1.99. The van der Waals surface area contributed by atoms with Gasteiger partial charge in [-0.15, -0.1) is 0 Å². The third-order valence-corrected chi connectivity index (χ3v) is 4.73. The lowest BCUT2D eigenvalue weighted by Gasteiger charge is -2.28. The van der Waals surface area contributed by atoms with E-state index in [9.17, 15) is 4.79 Å². The number of nitrogens with zero attached hydrogens (tertiary/aromatic N) is 2. The molecule has 0 spiro atoms. The Hall–Kier alpha value is -2.14. The summed E-state index contributed by atoms with van der Waals surface area (Å²) in [5, 5.41) is 0.489. The van der Waals surface area contributed by atoms with Crippen molar-refractivity contribution in [2.24, 2.45) is 0 Å². The first-order valence-corrected chi connectivity index (χ1v) is 8.97. The number of esters is 1. The summed E-state index contributed by atoms with van der Waals surface area (Å²) < 4.78 is 11.5. The second-order valence-electron chi connectivity index (χ2n) is 6.08. The highest BCUT2D eigenvalue weighted by Gasteiger charge is 2.26. The highest BCUT2D eigenvalue weighted by molar-refractivity contribution is 6.32. The summed E-state index contributed by atoms with van der Waals surface area (Å²) in [7, 11) is 0. The van der Waals surface area contributed by atoms with Gasteiger partial charge >= 0.3 is 5.97 Å². The molecule has 0 aliphatic heterocycles. The molecule has 1 aliphatic carbocycles. The Morgan fingerprint density at radius 1 is 1.12 bits per heavy atom. The molecule has 25 heavy (non-hydrogen) atoms. The zero-order valence-electron chi connectivity index (χ0n) is 14.2. The van der Waals surface area contributed by atoms with Gasteiger partial charge in [-0.2, -0.15) is 0 Å². The van der Waals surface area contributed by atoms with Crippen molar-refractivity contribution in [3.8, 4) is 5.88 Å². The number of halogens is 1. The minimum Gasteiger partial charge on any atom is -0.473 e. The predicted molar refractivity (Wildman–Crippen MR) is 94.9 cm³/mol. The van der Waals surface area contributed by atoms with E-state index in [0.29, 0.717) is 16.5 Å². The number of rotatable bonds is 5. The van der Waals surface area contributed by atoms with Crippen LogP contribution in [0.3, 0.4) is 0 Å². The number of hydrogen-bond acceptors (Lipinski definition) is 5. The number of ether oxygens (including phenoxy) is 2. The molecule has 1 aromatic carbocycles. The van der Waals surface area contributed by atoms with Crippen LogP contribution in [0.2, 0.25) is 5.02 Å². The molecular weight excluding hydrogens is 340 g/mol. The normalized spacial score (nSPS) is 20.1. The first-order chi connectivity index (χ1) is 12.2. The van der Waals surface area contributed by atoms with E-state index in [1.807, 2.05) is 25.1 Å². The van der Waals surface area contributed by atoms with E-state index < -0.39 is 0 Å². The summed E-state index contributed by atoms with van der Waals surface area (Å²) in [5.74, 6) is 0.176.